The molecule has 0 saturated heterocycles. The first kappa shape index (κ1) is 24.0. The van der Waals surface area contributed by atoms with E-state index in [1.165, 1.54) is 6.92 Å². The van der Waals surface area contributed by atoms with E-state index in [0.717, 1.165) is 12.1 Å². The van der Waals surface area contributed by atoms with Crippen molar-refractivity contribution in [1.29, 1.82) is 0 Å². The van der Waals surface area contributed by atoms with E-state index in [9.17, 15) is 23.2 Å². The Kier molecular flexibility index (Phi) is 7.85. The zero-order valence-electron chi connectivity index (χ0n) is 17.9. The standard InChI is InChI=1S/C23H26F2N2O4/c1-14(26-19(28)12-15-10-17(24)13-18(25)11-15)21(29)27-20(16-8-6-5-7-9-16)22(30)31-23(2,3)4/h5-11,13-14,20H,12H2,1-4H3,(H,26,28)(H,27,29)/t14-,20?/m0/s1. The van der Waals surface area contributed by atoms with Gasteiger partial charge in [-0.1, -0.05) is 30.3 Å². The Morgan fingerprint density at radius 1 is 0.968 bits per heavy atom. The first-order valence-corrected chi connectivity index (χ1v) is 9.77. The van der Waals surface area contributed by atoms with Crippen molar-refractivity contribution < 1.29 is 27.9 Å². The number of halogens is 2. The summed E-state index contributed by atoms with van der Waals surface area (Å²) in [5.41, 5.74) is -0.0908. The second-order valence-corrected chi connectivity index (χ2v) is 8.13. The van der Waals surface area contributed by atoms with Crippen molar-refractivity contribution in [3.63, 3.8) is 0 Å². The van der Waals surface area contributed by atoms with Crippen LogP contribution in [0.2, 0.25) is 0 Å². The molecule has 0 fully saturated rings. The van der Waals surface area contributed by atoms with Crippen molar-refractivity contribution in [3.8, 4) is 0 Å². The van der Waals surface area contributed by atoms with Gasteiger partial charge >= 0.3 is 5.97 Å². The van der Waals surface area contributed by atoms with Gasteiger partial charge in [-0.25, -0.2) is 13.6 Å². The van der Waals surface area contributed by atoms with E-state index in [1.807, 2.05) is 0 Å². The minimum absolute atomic E-state index is 0.138. The maximum Gasteiger partial charge on any atom is 0.333 e. The van der Waals surface area contributed by atoms with Crippen LogP contribution in [-0.2, 0) is 25.5 Å². The Labute approximate surface area is 180 Å². The average molecular weight is 432 g/mol. The molecule has 0 heterocycles. The van der Waals surface area contributed by atoms with E-state index in [4.69, 9.17) is 4.74 Å². The molecule has 2 rings (SSSR count). The molecule has 6 nitrogen and oxygen atoms in total. The minimum Gasteiger partial charge on any atom is -0.458 e. The summed E-state index contributed by atoms with van der Waals surface area (Å²) >= 11 is 0. The number of benzene rings is 2. The summed E-state index contributed by atoms with van der Waals surface area (Å²) in [5, 5.41) is 5.06. The highest BCUT2D eigenvalue weighted by molar-refractivity contribution is 5.91. The first-order chi connectivity index (χ1) is 14.4. The lowest BCUT2D eigenvalue weighted by atomic mass is 10.1. The highest BCUT2D eigenvalue weighted by Crippen LogP contribution is 2.19. The summed E-state index contributed by atoms with van der Waals surface area (Å²) in [6.45, 7) is 6.59. The van der Waals surface area contributed by atoms with E-state index >= 15 is 0 Å². The number of hydrogen-bond acceptors (Lipinski definition) is 4. The number of esters is 1. The van der Waals surface area contributed by atoms with Gasteiger partial charge in [0.1, 0.15) is 23.3 Å². The van der Waals surface area contributed by atoms with Gasteiger partial charge in [0.2, 0.25) is 11.8 Å². The lowest BCUT2D eigenvalue weighted by molar-refractivity contribution is -0.159. The fourth-order valence-corrected chi connectivity index (χ4v) is 2.81. The molecule has 2 amide bonds. The summed E-state index contributed by atoms with van der Waals surface area (Å²) in [4.78, 5) is 37.5. The smallest absolute Gasteiger partial charge is 0.333 e. The maximum absolute atomic E-state index is 13.3. The van der Waals surface area contributed by atoms with Crippen LogP contribution < -0.4 is 10.6 Å². The molecule has 0 aliphatic rings. The Balaban J connectivity index is 2.06. The minimum atomic E-state index is -1.07. The van der Waals surface area contributed by atoms with Crippen LogP contribution in [-0.4, -0.2) is 29.4 Å². The molecule has 2 atom stereocenters. The summed E-state index contributed by atoms with van der Waals surface area (Å²) in [6, 6.07) is 9.30. The van der Waals surface area contributed by atoms with Crippen LogP contribution in [0.5, 0.6) is 0 Å². The average Bonchev–Trinajstić information content (AvgIpc) is 2.64. The van der Waals surface area contributed by atoms with Crippen LogP contribution in [0.3, 0.4) is 0 Å². The van der Waals surface area contributed by atoms with Gasteiger partial charge in [0.05, 0.1) is 6.42 Å². The summed E-state index contributed by atoms with van der Waals surface area (Å²) in [5.74, 6) is -3.44. The van der Waals surface area contributed by atoms with Crippen LogP contribution in [0.1, 0.15) is 44.9 Å². The Morgan fingerprint density at radius 3 is 2.10 bits per heavy atom. The molecule has 0 aliphatic heterocycles. The molecule has 2 aromatic rings. The lowest BCUT2D eigenvalue weighted by Gasteiger charge is -2.26. The van der Waals surface area contributed by atoms with Crippen molar-refractivity contribution in [1.82, 2.24) is 10.6 Å². The third kappa shape index (κ3) is 7.81. The third-order valence-corrected chi connectivity index (χ3v) is 4.12. The molecular formula is C23H26F2N2O4. The van der Waals surface area contributed by atoms with Crippen LogP contribution in [0.4, 0.5) is 8.78 Å². The van der Waals surface area contributed by atoms with Gasteiger partial charge < -0.3 is 15.4 Å². The van der Waals surface area contributed by atoms with Crippen LogP contribution >= 0.6 is 0 Å². The molecular weight excluding hydrogens is 406 g/mol. The molecule has 0 aromatic heterocycles. The number of ether oxygens (including phenoxy) is 1. The third-order valence-electron chi connectivity index (χ3n) is 4.12. The fraction of sp³-hybridized carbons (Fsp3) is 0.348. The van der Waals surface area contributed by atoms with E-state index in [-0.39, 0.29) is 12.0 Å². The SMILES string of the molecule is C[C@H](NC(=O)Cc1cc(F)cc(F)c1)C(=O)NC(C(=O)OC(C)(C)C)c1ccccc1. The van der Waals surface area contributed by atoms with Gasteiger partial charge in [-0.2, -0.15) is 0 Å². The predicted octanol–water partition coefficient (Wildman–Crippen LogP) is 3.21. The topological polar surface area (TPSA) is 84.5 Å². The maximum atomic E-state index is 13.3. The van der Waals surface area contributed by atoms with Crippen molar-refractivity contribution in [2.45, 2.75) is 51.8 Å². The van der Waals surface area contributed by atoms with E-state index in [2.05, 4.69) is 10.6 Å². The summed E-state index contributed by atoms with van der Waals surface area (Å²) < 4.78 is 32.0. The summed E-state index contributed by atoms with van der Waals surface area (Å²) in [6.07, 6.45) is -0.305. The zero-order chi connectivity index (χ0) is 23.2. The molecule has 2 N–H and O–H groups in total. The van der Waals surface area contributed by atoms with E-state index in [0.29, 0.717) is 11.6 Å². The molecule has 2 aromatic carbocycles. The molecule has 0 aliphatic carbocycles. The molecule has 8 heteroatoms. The molecule has 0 bridgehead atoms. The van der Waals surface area contributed by atoms with Crippen molar-refractivity contribution in [2.24, 2.45) is 0 Å². The number of hydrogen-bond donors (Lipinski definition) is 2. The molecule has 1 unspecified atom stereocenters. The summed E-state index contributed by atoms with van der Waals surface area (Å²) in [7, 11) is 0. The highest BCUT2D eigenvalue weighted by atomic mass is 19.1. The van der Waals surface area contributed by atoms with Gasteiger partial charge in [0.15, 0.2) is 6.04 Å². The van der Waals surface area contributed by atoms with E-state index in [1.54, 1.807) is 51.1 Å². The second kappa shape index (κ2) is 10.1. The van der Waals surface area contributed by atoms with Gasteiger partial charge in [0, 0.05) is 6.07 Å². The van der Waals surface area contributed by atoms with Crippen LogP contribution in [0, 0.1) is 11.6 Å². The number of nitrogens with one attached hydrogen (secondary N) is 2. The Hall–Kier alpha value is -3.29. The monoisotopic (exact) mass is 432 g/mol. The predicted molar refractivity (Wildman–Crippen MR) is 111 cm³/mol. The molecule has 31 heavy (non-hydrogen) atoms. The Morgan fingerprint density at radius 2 is 1.55 bits per heavy atom. The molecule has 0 radical (unpaired) electrons. The lowest BCUT2D eigenvalue weighted by Crippen LogP contribution is -2.48. The van der Waals surface area contributed by atoms with Crippen LogP contribution in [0.25, 0.3) is 0 Å². The van der Waals surface area contributed by atoms with Crippen LogP contribution in [0.15, 0.2) is 48.5 Å². The second-order valence-electron chi connectivity index (χ2n) is 8.13. The van der Waals surface area contributed by atoms with Gasteiger partial charge in [-0.3, -0.25) is 9.59 Å². The fourth-order valence-electron chi connectivity index (χ4n) is 2.81. The van der Waals surface area contributed by atoms with Crippen molar-refractivity contribution >= 4 is 17.8 Å². The largest absolute Gasteiger partial charge is 0.458 e. The number of amides is 2. The van der Waals surface area contributed by atoms with Gasteiger partial charge in [-0.05, 0) is 51.0 Å². The molecule has 0 spiro atoms. The van der Waals surface area contributed by atoms with Gasteiger partial charge in [-0.15, -0.1) is 0 Å². The molecule has 166 valence electrons. The zero-order valence-corrected chi connectivity index (χ0v) is 17.9. The van der Waals surface area contributed by atoms with E-state index < -0.39 is 47.1 Å². The highest BCUT2D eigenvalue weighted by Gasteiger charge is 2.29. The first-order valence-electron chi connectivity index (χ1n) is 9.77. The number of rotatable bonds is 7. The number of carbonyl (C=O) groups is 3. The molecule has 0 saturated carbocycles. The van der Waals surface area contributed by atoms with Crippen molar-refractivity contribution in [2.75, 3.05) is 0 Å². The Bertz CT molecular complexity index is 922. The quantitative estimate of drug-likeness (QED) is 0.658. The van der Waals surface area contributed by atoms with Crippen molar-refractivity contribution in [3.05, 3.63) is 71.3 Å². The normalized spacial score (nSPS) is 13.1. The van der Waals surface area contributed by atoms with Gasteiger partial charge in [0.25, 0.3) is 0 Å². The number of carbonyl (C=O) groups excluding carboxylic acids is 3.